The minimum Gasteiger partial charge on any atom is -0.385 e. The molecule has 0 unspecified atom stereocenters. The first-order valence-electron chi connectivity index (χ1n) is 6.91. The quantitative estimate of drug-likeness (QED) is 0.744. The van der Waals surface area contributed by atoms with Crippen LogP contribution in [0.2, 0.25) is 10.0 Å². The average molecular weight is 355 g/mol. The maximum atomic E-state index is 12.2. The third kappa shape index (κ3) is 5.67. The van der Waals surface area contributed by atoms with Crippen LogP contribution in [0, 0.1) is 0 Å². The Bertz CT molecular complexity index is 662. The Morgan fingerprint density at radius 2 is 1.91 bits per heavy atom. The number of hydrogen-bond acceptors (Lipinski definition) is 5. The highest BCUT2D eigenvalue weighted by Crippen LogP contribution is 2.22. The van der Waals surface area contributed by atoms with Crippen molar-refractivity contribution in [3.63, 3.8) is 0 Å². The van der Waals surface area contributed by atoms with Gasteiger partial charge in [-0.2, -0.15) is 0 Å². The zero-order chi connectivity index (χ0) is 16.7. The van der Waals surface area contributed by atoms with Crippen molar-refractivity contribution in [2.45, 2.75) is 6.42 Å². The van der Waals surface area contributed by atoms with Gasteiger partial charge in [0.1, 0.15) is 17.8 Å². The number of rotatable bonds is 7. The number of carbonyl (C=O) groups excluding carboxylic acids is 1. The lowest BCUT2D eigenvalue weighted by Gasteiger charge is -2.08. The Morgan fingerprint density at radius 1 is 1.17 bits per heavy atom. The summed E-state index contributed by atoms with van der Waals surface area (Å²) in [6.45, 7) is 1.34. The van der Waals surface area contributed by atoms with Crippen molar-refractivity contribution < 1.29 is 9.53 Å². The molecule has 0 radical (unpaired) electrons. The van der Waals surface area contributed by atoms with Crippen LogP contribution in [-0.4, -0.2) is 36.1 Å². The monoisotopic (exact) mass is 354 g/mol. The Kier molecular flexibility index (Phi) is 6.58. The standard InChI is InChI=1S/C15H16Cl2N4O2/c1-23-4-2-3-18-14-8-13(19-9-20-14)15(22)21-12-6-10(16)5-11(17)7-12/h5-9H,2-4H2,1H3,(H,21,22)(H,18,19,20). The third-order valence-corrected chi connectivity index (χ3v) is 3.29. The minimum absolute atomic E-state index is 0.241. The second-order valence-corrected chi connectivity index (χ2v) is 5.55. The van der Waals surface area contributed by atoms with Crippen LogP contribution in [0.5, 0.6) is 0 Å². The molecule has 6 nitrogen and oxygen atoms in total. The summed E-state index contributed by atoms with van der Waals surface area (Å²) in [6, 6.07) is 6.38. The number of halogens is 2. The number of amides is 1. The number of ether oxygens (including phenoxy) is 1. The van der Waals surface area contributed by atoms with Gasteiger partial charge in [-0.3, -0.25) is 4.79 Å². The number of benzene rings is 1. The van der Waals surface area contributed by atoms with E-state index in [-0.39, 0.29) is 11.6 Å². The van der Waals surface area contributed by atoms with E-state index in [1.165, 1.54) is 6.33 Å². The fourth-order valence-corrected chi connectivity index (χ4v) is 2.36. The number of anilines is 2. The number of hydrogen-bond donors (Lipinski definition) is 2. The Labute approximate surface area is 144 Å². The second kappa shape index (κ2) is 8.67. The molecule has 23 heavy (non-hydrogen) atoms. The van der Waals surface area contributed by atoms with Gasteiger partial charge in [-0.25, -0.2) is 9.97 Å². The molecule has 0 atom stereocenters. The van der Waals surface area contributed by atoms with Gasteiger partial charge in [0.25, 0.3) is 5.91 Å². The smallest absolute Gasteiger partial charge is 0.274 e. The molecule has 2 aromatic rings. The van der Waals surface area contributed by atoms with Gasteiger partial charge in [0, 0.05) is 42.1 Å². The van der Waals surface area contributed by atoms with E-state index in [1.807, 2.05) is 0 Å². The Morgan fingerprint density at radius 3 is 2.61 bits per heavy atom. The molecule has 0 fully saturated rings. The predicted octanol–water partition coefficient (Wildman–Crippen LogP) is 3.48. The summed E-state index contributed by atoms with van der Waals surface area (Å²) in [5.41, 5.74) is 0.742. The van der Waals surface area contributed by atoms with Crippen LogP contribution in [0.1, 0.15) is 16.9 Å². The fraction of sp³-hybridized carbons (Fsp3) is 0.267. The van der Waals surface area contributed by atoms with Crippen LogP contribution < -0.4 is 10.6 Å². The van der Waals surface area contributed by atoms with Crippen LogP contribution in [0.25, 0.3) is 0 Å². The SMILES string of the molecule is COCCCNc1cc(C(=O)Nc2cc(Cl)cc(Cl)c2)ncn1. The molecule has 1 aromatic heterocycles. The third-order valence-electron chi connectivity index (χ3n) is 2.85. The summed E-state index contributed by atoms with van der Waals surface area (Å²) in [4.78, 5) is 20.3. The van der Waals surface area contributed by atoms with Crippen LogP contribution in [0.3, 0.4) is 0 Å². The molecule has 0 saturated heterocycles. The molecular formula is C15H16Cl2N4O2. The van der Waals surface area contributed by atoms with Gasteiger partial charge < -0.3 is 15.4 Å². The summed E-state index contributed by atoms with van der Waals surface area (Å²) in [5.74, 6) is 0.205. The highest BCUT2D eigenvalue weighted by Gasteiger charge is 2.10. The van der Waals surface area contributed by atoms with E-state index < -0.39 is 0 Å². The van der Waals surface area contributed by atoms with Crippen molar-refractivity contribution in [1.29, 1.82) is 0 Å². The van der Waals surface area contributed by atoms with Crippen molar-refractivity contribution in [3.8, 4) is 0 Å². The highest BCUT2D eigenvalue weighted by atomic mass is 35.5. The first-order valence-corrected chi connectivity index (χ1v) is 7.66. The summed E-state index contributed by atoms with van der Waals surface area (Å²) in [7, 11) is 1.65. The Balaban J connectivity index is 2.01. The van der Waals surface area contributed by atoms with Gasteiger partial charge in [-0.1, -0.05) is 23.2 Å². The van der Waals surface area contributed by atoms with E-state index in [1.54, 1.807) is 31.4 Å². The van der Waals surface area contributed by atoms with Crippen molar-refractivity contribution >= 4 is 40.6 Å². The zero-order valence-corrected chi connectivity index (χ0v) is 14.0. The molecule has 0 saturated carbocycles. The molecule has 0 spiro atoms. The normalized spacial score (nSPS) is 10.4. The van der Waals surface area contributed by atoms with Crippen molar-refractivity contribution in [2.24, 2.45) is 0 Å². The van der Waals surface area contributed by atoms with Crippen LogP contribution >= 0.6 is 23.2 Å². The van der Waals surface area contributed by atoms with E-state index in [2.05, 4.69) is 20.6 Å². The molecule has 1 aromatic carbocycles. The van der Waals surface area contributed by atoms with Gasteiger partial charge >= 0.3 is 0 Å². The fourth-order valence-electron chi connectivity index (χ4n) is 1.83. The number of nitrogens with one attached hydrogen (secondary N) is 2. The first-order chi connectivity index (χ1) is 11.1. The van der Waals surface area contributed by atoms with E-state index >= 15 is 0 Å². The molecule has 1 amide bonds. The molecule has 0 aliphatic heterocycles. The van der Waals surface area contributed by atoms with Gasteiger partial charge in [-0.15, -0.1) is 0 Å². The van der Waals surface area contributed by atoms with Crippen molar-refractivity contribution in [1.82, 2.24) is 9.97 Å². The lowest BCUT2D eigenvalue weighted by molar-refractivity contribution is 0.102. The van der Waals surface area contributed by atoms with Gasteiger partial charge in [0.15, 0.2) is 0 Å². The maximum Gasteiger partial charge on any atom is 0.274 e. The highest BCUT2D eigenvalue weighted by molar-refractivity contribution is 6.35. The molecule has 2 N–H and O–H groups in total. The average Bonchev–Trinajstić information content (AvgIpc) is 2.51. The lowest BCUT2D eigenvalue weighted by atomic mass is 10.3. The number of methoxy groups -OCH3 is 1. The summed E-state index contributed by atoms with van der Waals surface area (Å²) >= 11 is 11.8. The number of aromatic nitrogens is 2. The number of carbonyl (C=O) groups is 1. The van der Waals surface area contributed by atoms with Crippen molar-refractivity contribution in [2.75, 3.05) is 30.9 Å². The van der Waals surface area contributed by atoms with Gasteiger partial charge in [-0.05, 0) is 24.6 Å². The van der Waals surface area contributed by atoms with Gasteiger partial charge in [0.05, 0.1) is 0 Å². The molecule has 2 rings (SSSR count). The molecule has 0 bridgehead atoms. The molecule has 8 heteroatoms. The van der Waals surface area contributed by atoms with Crippen LogP contribution in [-0.2, 0) is 4.74 Å². The molecule has 122 valence electrons. The predicted molar refractivity (Wildman–Crippen MR) is 91.4 cm³/mol. The zero-order valence-electron chi connectivity index (χ0n) is 12.5. The van der Waals surface area contributed by atoms with E-state index in [9.17, 15) is 4.79 Å². The van der Waals surface area contributed by atoms with Crippen molar-refractivity contribution in [3.05, 3.63) is 46.3 Å². The van der Waals surface area contributed by atoms with Crippen LogP contribution in [0.4, 0.5) is 11.5 Å². The maximum absolute atomic E-state index is 12.2. The van der Waals surface area contributed by atoms with E-state index in [0.29, 0.717) is 34.7 Å². The first kappa shape index (κ1) is 17.5. The topological polar surface area (TPSA) is 76.1 Å². The van der Waals surface area contributed by atoms with E-state index in [0.717, 1.165) is 6.42 Å². The molecular weight excluding hydrogens is 339 g/mol. The minimum atomic E-state index is -0.370. The summed E-state index contributed by atoms with van der Waals surface area (Å²) < 4.78 is 4.97. The number of nitrogens with zero attached hydrogens (tertiary/aromatic N) is 2. The molecule has 0 aliphatic carbocycles. The second-order valence-electron chi connectivity index (χ2n) is 4.67. The van der Waals surface area contributed by atoms with Crippen LogP contribution in [0.15, 0.2) is 30.6 Å². The van der Waals surface area contributed by atoms with E-state index in [4.69, 9.17) is 27.9 Å². The summed E-state index contributed by atoms with van der Waals surface area (Å²) in [5, 5.41) is 6.68. The van der Waals surface area contributed by atoms with Gasteiger partial charge in [0.2, 0.25) is 0 Å². The Hall–Kier alpha value is -1.89. The lowest BCUT2D eigenvalue weighted by Crippen LogP contribution is -2.15. The largest absolute Gasteiger partial charge is 0.385 e. The molecule has 1 heterocycles. The summed E-state index contributed by atoms with van der Waals surface area (Å²) in [6.07, 6.45) is 2.17. The molecule has 0 aliphatic rings.